The van der Waals surface area contributed by atoms with Crippen molar-refractivity contribution in [2.75, 3.05) is 0 Å². The van der Waals surface area contributed by atoms with Gasteiger partial charge in [-0.05, 0) is 17.7 Å². The number of primary sulfonamides is 1. The zero-order valence-corrected chi connectivity index (χ0v) is 10.0. The molecule has 92 valence electrons. The molecule has 0 heterocycles. The number of carbonyl (C=O) groups excluding carboxylic acids is 1. The summed E-state index contributed by atoms with van der Waals surface area (Å²) in [6.45, 7) is 3.71. The fourth-order valence-corrected chi connectivity index (χ4v) is 1.82. The Balaban J connectivity index is 2.73. The van der Waals surface area contributed by atoms with Gasteiger partial charge in [0.05, 0.1) is 4.90 Å². The first-order chi connectivity index (χ1) is 7.93. The molecule has 0 aliphatic heterocycles. The quantitative estimate of drug-likeness (QED) is 0.751. The van der Waals surface area contributed by atoms with E-state index in [0.717, 1.165) is 0 Å². The molecule has 0 unspecified atom stereocenters. The van der Waals surface area contributed by atoms with Crippen molar-refractivity contribution in [2.45, 2.75) is 17.9 Å². The predicted octanol–water partition coefficient (Wildman–Crippen LogP) is 0.526. The van der Waals surface area contributed by atoms with E-state index in [1.54, 1.807) is 12.1 Å². The lowest BCUT2D eigenvalue weighted by atomic mass is 10.2. The van der Waals surface area contributed by atoms with Crippen LogP contribution >= 0.6 is 0 Å². The molecule has 1 aromatic carbocycles. The molecular formula is C11H14N2O3S. The van der Waals surface area contributed by atoms with Crippen LogP contribution in [-0.4, -0.2) is 14.3 Å². The predicted molar refractivity (Wildman–Crippen MR) is 64.5 cm³/mol. The Morgan fingerprint density at radius 2 is 2.18 bits per heavy atom. The van der Waals surface area contributed by atoms with Gasteiger partial charge < -0.3 is 5.32 Å². The van der Waals surface area contributed by atoms with Crippen molar-refractivity contribution in [1.82, 2.24) is 5.32 Å². The first-order valence-electron chi connectivity index (χ1n) is 4.93. The number of amides is 1. The Hall–Kier alpha value is -1.66. The monoisotopic (exact) mass is 254 g/mol. The van der Waals surface area contributed by atoms with Crippen LogP contribution in [0.25, 0.3) is 0 Å². The molecule has 6 heteroatoms. The van der Waals surface area contributed by atoms with Gasteiger partial charge >= 0.3 is 0 Å². The normalized spacial score (nSPS) is 10.9. The Bertz CT molecular complexity index is 523. The molecule has 0 aliphatic rings. The fourth-order valence-electron chi connectivity index (χ4n) is 1.24. The maximum Gasteiger partial charge on any atom is 0.238 e. The van der Waals surface area contributed by atoms with E-state index in [4.69, 9.17) is 5.14 Å². The summed E-state index contributed by atoms with van der Waals surface area (Å²) in [4.78, 5) is 11.2. The van der Waals surface area contributed by atoms with E-state index in [2.05, 4.69) is 11.9 Å². The van der Waals surface area contributed by atoms with Crippen molar-refractivity contribution in [2.24, 2.45) is 5.14 Å². The van der Waals surface area contributed by atoms with Gasteiger partial charge in [-0.3, -0.25) is 4.79 Å². The number of carbonyl (C=O) groups is 1. The Labute approximate surface area is 100 Å². The number of hydrogen-bond acceptors (Lipinski definition) is 3. The molecule has 0 aliphatic carbocycles. The summed E-state index contributed by atoms with van der Waals surface area (Å²) < 4.78 is 22.2. The number of nitrogens with two attached hydrogens (primary N) is 1. The average Bonchev–Trinajstić information content (AvgIpc) is 2.26. The minimum Gasteiger partial charge on any atom is -0.352 e. The van der Waals surface area contributed by atoms with Crippen LogP contribution in [0.3, 0.4) is 0 Å². The minimum absolute atomic E-state index is 0.0352. The molecule has 0 spiro atoms. The lowest BCUT2D eigenvalue weighted by Crippen LogP contribution is -2.22. The summed E-state index contributed by atoms with van der Waals surface area (Å²) in [5.41, 5.74) is 0.675. The zero-order valence-electron chi connectivity index (χ0n) is 9.22. The molecule has 1 rings (SSSR count). The molecule has 1 aromatic rings. The van der Waals surface area contributed by atoms with Gasteiger partial charge in [0.15, 0.2) is 0 Å². The van der Waals surface area contributed by atoms with Gasteiger partial charge in [0.1, 0.15) is 0 Å². The van der Waals surface area contributed by atoms with Gasteiger partial charge in [-0.2, -0.15) is 0 Å². The largest absolute Gasteiger partial charge is 0.352 e. The van der Waals surface area contributed by atoms with E-state index in [0.29, 0.717) is 5.56 Å². The minimum atomic E-state index is -3.70. The third-order valence-corrected chi connectivity index (χ3v) is 2.96. The molecule has 3 N–H and O–H groups in total. The lowest BCUT2D eigenvalue weighted by molar-refractivity contribution is -0.120. The van der Waals surface area contributed by atoms with Crippen LogP contribution in [0.2, 0.25) is 0 Å². The van der Waals surface area contributed by atoms with Crippen LogP contribution in [0.5, 0.6) is 0 Å². The van der Waals surface area contributed by atoms with E-state index in [1.165, 1.54) is 18.2 Å². The highest BCUT2D eigenvalue weighted by atomic mass is 32.2. The van der Waals surface area contributed by atoms with Crippen LogP contribution in [0.15, 0.2) is 41.8 Å². The number of sulfonamides is 1. The van der Waals surface area contributed by atoms with Crippen LogP contribution in [-0.2, 0) is 21.4 Å². The smallest absolute Gasteiger partial charge is 0.238 e. The Morgan fingerprint density at radius 3 is 2.76 bits per heavy atom. The maximum absolute atomic E-state index is 11.2. The average molecular weight is 254 g/mol. The summed E-state index contributed by atoms with van der Waals surface area (Å²) in [6, 6.07) is 6.13. The van der Waals surface area contributed by atoms with Gasteiger partial charge in [-0.25, -0.2) is 13.6 Å². The first kappa shape index (κ1) is 13.4. The van der Waals surface area contributed by atoms with Crippen LogP contribution in [0, 0.1) is 0 Å². The maximum atomic E-state index is 11.2. The second-order valence-corrected chi connectivity index (χ2v) is 5.02. The van der Waals surface area contributed by atoms with Gasteiger partial charge in [0, 0.05) is 13.0 Å². The Kier molecular flexibility index (Phi) is 4.42. The second kappa shape index (κ2) is 5.60. The molecular weight excluding hydrogens is 240 g/mol. The summed E-state index contributed by atoms with van der Waals surface area (Å²) >= 11 is 0. The number of benzene rings is 1. The van der Waals surface area contributed by atoms with Crippen molar-refractivity contribution >= 4 is 15.9 Å². The number of rotatable bonds is 5. The van der Waals surface area contributed by atoms with Crippen molar-refractivity contribution in [3.05, 3.63) is 42.5 Å². The van der Waals surface area contributed by atoms with Gasteiger partial charge in [0.2, 0.25) is 15.9 Å². The molecule has 0 atom stereocenters. The van der Waals surface area contributed by atoms with Crippen LogP contribution in [0.4, 0.5) is 0 Å². The van der Waals surface area contributed by atoms with Gasteiger partial charge in [-0.1, -0.05) is 18.2 Å². The van der Waals surface area contributed by atoms with Crippen LogP contribution < -0.4 is 10.5 Å². The summed E-state index contributed by atoms with van der Waals surface area (Å²) in [6.07, 6.45) is 1.73. The molecule has 1 amide bonds. The zero-order chi connectivity index (χ0) is 12.9. The lowest BCUT2D eigenvalue weighted by Gasteiger charge is -2.05. The molecule has 0 fully saturated rings. The van der Waals surface area contributed by atoms with E-state index in [-0.39, 0.29) is 23.8 Å². The second-order valence-electron chi connectivity index (χ2n) is 3.46. The van der Waals surface area contributed by atoms with Crippen molar-refractivity contribution < 1.29 is 13.2 Å². The highest BCUT2D eigenvalue weighted by Gasteiger charge is 2.08. The highest BCUT2D eigenvalue weighted by Crippen LogP contribution is 2.09. The molecule has 0 radical (unpaired) electrons. The first-order valence-corrected chi connectivity index (χ1v) is 6.47. The van der Waals surface area contributed by atoms with Crippen LogP contribution in [0.1, 0.15) is 12.0 Å². The molecule has 0 bridgehead atoms. The summed E-state index contributed by atoms with van der Waals surface area (Å²) in [7, 11) is -3.70. The summed E-state index contributed by atoms with van der Waals surface area (Å²) in [5.74, 6) is -0.166. The molecule has 17 heavy (non-hydrogen) atoms. The van der Waals surface area contributed by atoms with E-state index in [1.807, 2.05) is 0 Å². The van der Waals surface area contributed by atoms with Crippen molar-refractivity contribution in [1.29, 1.82) is 0 Å². The van der Waals surface area contributed by atoms with E-state index in [9.17, 15) is 13.2 Å². The Morgan fingerprint density at radius 1 is 1.47 bits per heavy atom. The topological polar surface area (TPSA) is 89.3 Å². The molecule has 0 saturated carbocycles. The molecule has 0 aromatic heterocycles. The van der Waals surface area contributed by atoms with E-state index < -0.39 is 10.0 Å². The highest BCUT2D eigenvalue weighted by molar-refractivity contribution is 7.89. The van der Waals surface area contributed by atoms with E-state index >= 15 is 0 Å². The SMILES string of the molecule is C=CCC(=O)NCc1cccc(S(N)(=O)=O)c1. The van der Waals surface area contributed by atoms with Crippen molar-refractivity contribution in [3.63, 3.8) is 0 Å². The molecule has 0 saturated heterocycles. The summed E-state index contributed by atoms with van der Waals surface area (Å²) in [5, 5.41) is 7.63. The number of hydrogen-bond donors (Lipinski definition) is 2. The third kappa shape index (κ3) is 4.38. The molecule has 5 nitrogen and oxygen atoms in total. The van der Waals surface area contributed by atoms with Gasteiger partial charge in [0.25, 0.3) is 0 Å². The van der Waals surface area contributed by atoms with Crippen molar-refractivity contribution in [3.8, 4) is 0 Å². The van der Waals surface area contributed by atoms with Gasteiger partial charge in [-0.15, -0.1) is 6.58 Å². The fraction of sp³-hybridized carbons (Fsp3) is 0.182. The number of nitrogens with one attached hydrogen (secondary N) is 1. The third-order valence-electron chi connectivity index (χ3n) is 2.05. The standard InChI is InChI=1S/C11H14N2O3S/c1-2-4-11(14)13-8-9-5-3-6-10(7-9)17(12,15)16/h2-3,5-7H,1,4,8H2,(H,13,14)(H2,12,15,16).